The van der Waals surface area contributed by atoms with E-state index in [0.717, 1.165) is 30.0 Å². The third-order valence-corrected chi connectivity index (χ3v) is 9.22. The maximum Gasteiger partial charge on any atom is 0.264 e. The van der Waals surface area contributed by atoms with Crippen LogP contribution < -0.4 is 14.4 Å². The van der Waals surface area contributed by atoms with E-state index in [1.165, 1.54) is 84.8 Å². The number of benzene rings is 3. The smallest absolute Gasteiger partial charge is 0.264 e. The normalized spacial score (nSPS) is 14.3. The van der Waals surface area contributed by atoms with Crippen LogP contribution >= 0.6 is 11.6 Å². The summed E-state index contributed by atoms with van der Waals surface area (Å²) in [7, 11) is -2.75. The van der Waals surface area contributed by atoms with Crippen molar-refractivity contribution in [3.63, 3.8) is 0 Å². The van der Waals surface area contributed by atoms with Gasteiger partial charge in [0.2, 0.25) is 11.8 Å². The highest BCUT2D eigenvalue weighted by Gasteiger charge is 2.33. The van der Waals surface area contributed by atoms with Crippen molar-refractivity contribution in [3.05, 3.63) is 89.2 Å². The average Bonchev–Trinajstić information content (AvgIpc) is 3.48. The second-order valence-corrected chi connectivity index (χ2v) is 12.3. The Bertz CT molecular complexity index is 1440. The first-order valence-corrected chi connectivity index (χ1v) is 15.2. The number of nitrogens with zero attached hydrogens (tertiary/aromatic N) is 2. The molecule has 0 unspecified atom stereocenters. The Morgan fingerprint density at radius 1 is 1.00 bits per heavy atom. The summed E-state index contributed by atoms with van der Waals surface area (Å²) in [6, 6.07) is 16.7. The molecule has 1 atom stereocenters. The zero-order chi connectivity index (χ0) is 29.6. The van der Waals surface area contributed by atoms with Crippen molar-refractivity contribution in [3.8, 4) is 5.75 Å². The van der Waals surface area contributed by atoms with Crippen molar-refractivity contribution in [2.24, 2.45) is 0 Å². The molecule has 11 heteroatoms. The minimum Gasteiger partial charge on any atom is -0.497 e. The van der Waals surface area contributed by atoms with Gasteiger partial charge in [0, 0.05) is 17.6 Å². The molecular weight excluding hydrogens is 569 g/mol. The average molecular weight is 602 g/mol. The predicted octanol–water partition coefficient (Wildman–Crippen LogP) is 5.16. The van der Waals surface area contributed by atoms with Crippen molar-refractivity contribution >= 4 is 39.1 Å². The monoisotopic (exact) mass is 601 g/mol. The third kappa shape index (κ3) is 7.56. The van der Waals surface area contributed by atoms with Crippen LogP contribution in [0.15, 0.2) is 77.7 Å². The second kappa shape index (κ2) is 13.4. The molecule has 0 radical (unpaired) electrons. The van der Waals surface area contributed by atoms with Crippen LogP contribution in [0.3, 0.4) is 0 Å². The minimum absolute atomic E-state index is 0.0184. The summed E-state index contributed by atoms with van der Waals surface area (Å²) in [4.78, 5) is 28.5. The van der Waals surface area contributed by atoms with Gasteiger partial charge < -0.3 is 15.0 Å². The summed E-state index contributed by atoms with van der Waals surface area (Å²) in [5.41, 5.74) is 0.819. The Morgan fingerprint density at radius 3 is 2.20 bits per heavy atom. The lowest BCUT2D eigenvalue weighted by Crippen LogP contribution is -2.52. The number of hydrogen-bond acceptors (Lipinski definition) is 5. The van der Waals surface area contributed by atoms with Crippen molar-refractivity contribution in [2.45, 2.75) is 56.1 Å². The largest absolute Gasteiger partial charge is 0.497 e. The van der Waals surface area contributed by atoms with Gasteiger partial charge in [-0.05, 0) is 86.0 Å². The number of carbonyl (C=O) groups excluding carboxylic acids is 2. The number of methoxy groups -OCH3 is 1. The molecule has 3 aromatic carbocycles. The molecule has 0 saturated heterocycles. The first-order chi connectivity index (χ1) is 19.6. The fourth-order valence-electron chi connectivity index (χ4n) is 4.77. The fourth-order valence-corrected chi connectivity index (χ4v) is 6.31. The van der Waals surface area contributed by atoms with Gasteiger partial charge >= 0.3 is 0 Å². The standard InChI is InChI=1S/C30H33ClFN3O5S/c1-21(30(37)33-25-5-3-4-6-25)34(19-22-7-11-24(32)12-8-22)29(36)20-35(26-13-9-23(31)10-14-26)41(38,39)28-17-15-27(40-2)16-18-28/h7-18,21,25H,3-6,19-20H2,1-2H3,(H,33,37)/t21-/m1/s1. The number of sulfonamides is 1. The molecule has 8 nitrogen and oxygen atoms in total. The van der Waals surface area contributed by atoms with E-state index in [1.807, 2.05) is 0 Å². The summed E-state index contributed by atoms with van der Waals surface area (Å²) in [6.45, 7) is 1.00. The van der Waals surface area contributed by atoms with Gasteiger partial charge in [-0.25, -0.2) is 12.8 Å². The molecule has 2 amide bonds. The zero-order valence-corrected chi connectivity index (χ0v) is 24.5. The van der Waals surface area contributed by atoms with Crippen LogP contribution in [0.2, 0.25) is 5.02 Å². The Kier molecular flexibility index (Phi) is 9.88. The SMILES string of the molecule is COc1ccc(S(=O)(=O)N(CC(=O)N(Cc2ccc(F)cc2)[C@H](C)C(=O)NC2CCCC2)c2ccc(Cl)cc2)cc1. The first kappa shape index (κ1) is 30.3. The third-order valence-electron chi connectivity index (χ3n) is 7.18. The Balaban J connectivity index is 1.67. The van der Waals surface area contributed by atoms with Crippen LogP contribution in [0.1, 0.15) is 38.2 Å². The van der Waals surface area contributed by atoms with Crippen molar-refractivity contribution in [2.75, 3.05) is 18.0 Å². The van der Waals surface area contributed by atoms with Gasteiger partial charge in [0.15, 0.2) is 0 Å². The number of anilines is 1. The van der Waals surface area contributed by atoms with Crippen molar-refractivity contribution < 1.29 is 27.1 Å². The highest BCUT2D eigenvalue weighted by molar-refractivity contribution is 7.92. The lowest BCUT2D eigenvalue weighted by atomic mass is 10.1. The summed E-state index contributed by atoms with van der Waals surface area (Å²) in [5.74, 6) is -0.886. The highest BCUT2D eigenvalue weighted by atomic mass is 35.5. The van der Waals surface area contributed by atoms with Crippen LogP contribution in [0.5, 0.6) is 5.75 Å². The van der Waals surface area contributed by atoms with E-state index in [1.54, 1.807) is 6.92 Å². The summed E-state index contributed by atoms with van der Waals surface area (Å²) >= 11 is 6.06. The molecule has 0 aromatic heterocycles. The second-order valence-electron chi connectivity index (χ2n) is 9.98. The number of halogens is 2. The van der Waals surface area contributed by atoms with E-state index >= 15 is 0 Å². The number of ether oxygens (including phenoxy) is 1. The molecule has 1 aliphatic rings. The zero-order valence-electron chi connectivity index (χ0n) is 22.9. The van der Waals surface area contributed by atoms with Crippen LogP contribution in [0.4, 0.5) is 10.1 Å². The maximum absolute atomic E-state index is 13.9. The van der Waals surface area contributed by atoms with Gasteiger partial charge in [0.25, 0.3) is 10.0 Å². The Morgan fingerprint density at radius 2 is 1.61 bits per heavy atom. The predicted molar refractivity (Wildman–Crippen MR) is 156 cm³/mol. The highest BCUT2D eigenvalue weighted by Crippen LogP contribution is 2.27. The van der Waals surface area contributed by atoms with E-state index in [4.69, 9.17) is 16.3 Å². The fraction of sp³-hybridized carbons (Fsp3) is 0.333. The molecule has 1 saturated carbocycles. The summed E-state index contributed by atoms with van der Waals surface area (Å²) < 4.78 is 47.5. The van der Waals surface area contributed by atoms with E-state index in [-0.39, 0.29) is 29.1 Å². The molecule has 0 bridgehead atoms. The summed E-state index contributed by atoms with van der Waals surface area (Å²) in [6.07, 6.45) is 3.79. The maximum atomic E-state index is 13.9. The lowest BCUT2D eigenvalue weighted by molar-refractivity contribution is -0.139. The number of carbonyl (C=O) groups is 2. The van der Waals surface area contributed by atoms with Gasteiger partial charge in [0.1, 0.15) is 24.2 Å². The van der Waals surface area contributed by atoms with Crippen LogP contribution in [0, 0.1) is 5.82 Å². The molecule has 1 N–H and O–H groups in total. The molecule has 3 aromatic rings. The van der Waals surface area contributed by atoms with Gasteiger partial charge in [-0.1, -0.05) is 36.6 Å². The lowest BCUT2D eigenvalue weighted by Gasteiger charge is -2.32. The van der Waals surface area contributed by atoms with E-state index < -0.39 is 34.3 Å². The minimum atomic E-state index is -4.23. The van der Waals surface area contributed by atoms with Gasteiger partial charge in [0.05, 0.1) is 17.7 Å². The van der Waals surface area contributed by atoms with Gasteiger partial charge in [-0.15, -0.1) is 0 Å². The number of amides is 2. The molecular formula is C30H33ClFN3O5S. The molecule has 218 valence electrons. The Labute approximate surface area is 245 Å². The summed E-state index contributed by atoms with van der Waals surface area (Å²) in [5, 5.41) is 3.42. The van der Waals surface area contributed by atoms with E-state index in [9.17, 15) is 22.4 Å². The van der Waals surface area contributed by atoms with Crippen LogP contribution in [-0.2, 0) is 26.2 Å². The van der Waals surface area contributed by atoms with Crippen molar-refractivity contribution in [1.29, 1.82) is 0 Å². The molecule has 41 heavy (non-hydrogen) atoms. The molecule has 4 rings (SSSR count). The topological polar surface area (TPSA) is 96.0 Å². The molecule has 0 aliphatic heterocycles. The molecule has 0 spiro atoms. The van der Waals surface area contributed by atoms with Crippen LogP contribution in [0.25, 0.3) is 0 Å². The van der Waals surface area contributed by atoms with Crippen LogP contribution in [-0.4, -0.2) is 50.9 Å². The molecule has 0 heterocycles. The number of rotatable bonds is 11. The quantitative estimate of drug-likeness (QED) is 0.328. The number of nitrogens with one attached hydrogen (secondary N) is 1. The van der Waals surface area contributed by atoms with E-state index in [2.05, 4.69) is 5.32 Å². The number of hydrogen-bond donors (Lipinski definition) is 1. The Hall–Kier alpha value is -3.63. The van der Waals surface area contributed by atoms with Gasteiger partial charge in [-0.3, -0.25) is 13.9 Å². The first-order valence-electron chi connectivity index (χ1n) is 13.3. The van der Waals surface area contributed by atoms with Crippen molar-refractivity contribution in [1.82, 2.24) is 10.2 Å². The van der Waals surface area contributed by atoms with E-state index in [0.29, 0.717) is 16.3 Å². The molecule has 1 aliphatic carbocycles. The molecule has 1 fully saturated rings. The van der Waals surface area contributed by atoms with Gasteiger partial charge in [-0.2, -0.15) is 0 Å².